The van der Waals surface area contributed by atoms with Crippen molar-refractivity contribution < 1.29 is 28.2 Å². The van der Waals surface area contributed by atoms with Crippen molar-refractivity contribution in [3.8, 4) is 0 Å². The van der Waals surface area contributed by atoms with E-state index in [0.717, 1.165) is 0 Å². The van der Waals surface area contributed by atoms with Gasteiger partial charge in [0.05, 0.1) is 6.42 Å². The van der Waals surface area contributed by atoms with Crippen LogP contribution in [0.15, 0.2) is 0 Å². The highest BCUT2D eigenvalue weighted by atomic mass is 19.4. The molecule has 0 saturated carbocycles. The number of hydrogen-bond acceptors (Lipinski definition) is 3. The summed E-state index contributed by atoms with van der Waals surface area (Å²) in [5.74, 6) is -1.48. The number of hydrogen-bond donors (Lipinski definition) is 3. The van der Waals surface area contributed by atoms with Gasteiger partial charge in [0, 0.05) is 6.04 Å². The van der Waals surface area contributed by atoms with Crippen LogP contribution in [-0.4, -0.2) is 34.5 Å². The Kier molecular flexibility index (Phi) is 3.47. The molecule has 12 heavy (non-hydrogen) atoms. The second kappa shape index (κ2) is 3.72. The summed E-state index contributed by atoms with van der Waals surface area (Å²) < 4.78 is 34.9. The molecule has 0 aromatic heterocycles. The van der Waals surface area contributed by atoms with Gasteiger partial charge in [-0.2, -0.15) is 13.2 Å². The van der Waals surface area contributed by atoms with Crippen LogP contribution in [0.5, 0.6) is 0 Å². The monoisotopic (exact) mass is 187 g/mol. The zero-order valence-corrected chi connectivity index (χ0v) is 5.88. The maximum absolute atomic E-state index is 11.6. The van der Waals surface area contributed by atoms with E-state index in [0.29, 0.717) is 0 Å². The molecule has 0 rings (SSSR count). The summed E-state index contributed by atoms with van der Waals surface area (Å²) in [6, 6.07) is -1.82. The zero-order chi connectivity index (χ0) is 9.94. The molecular formula is C5H8F3NO3. The summed E-state index contributed by atoms with van der Waals surface area (Å²) in [5.41, 5.74) is 4.75. The largest absolute Gasteiger partial charge is 0.481 e. The van der Waals surface area contributed by atoms with Crippen LogP contribution in [0.2, 0.25) is 0 Å². The molecule has 0 radical (unpaired) electrons. The fraction of sp³-hybridized carbons (Fsp3) is 0.800. The molecule has 0 aliphatic rings. The molecule has 0 aromatic carbocycles. The minimum atomic E-state index is -4.87. The van der Waals surface area contributed by atoms with Gasteiger partial charge in [-0.25, -0.2) is 0 Å². The van der Waals surface area contributed by atoms with Crippen LogP contribution in [-0.2, 0) is 4.79 Å². The molecular weight excluding hydrogens is 179 g/mol. The van der Waals surface area contributed by atoms with Crippen LogP contribution >= 0.6 is 0 Å². The number of carboxylic acids is 1. The molecule has 72 valence electrons. The highest BCUT2D eigenvalue weighted by Gasteiger charge is 2.42. The van der Waals surface area contributed by atoms with Crippen LogP contribution < -0.4 is 5.73 Å². The quantitative estimate of drug-likeness (QED) is 0.567. The molecule has 0 saturated heterocycles. The molecule has 0 aliphatic carbocycles. The molecule has 0 fully saturated rings. The van der Waals surface area contributed by atoms with Crippen molar-refractivity contribution in [1.29, 1.82) is 0 Å². The van der Waals surface area contributed by atoms with Gasteiger partial charge in [-0.15, -0.1) is 0 Å². The Balaban J connectivity index is 4.10. The number of carbonyl (C=O) groups is 1. The number of rotatable bonds is 3. The minimum absolute atomic E-state index is 0.916. The molecule has 0 aliphatic heterocycles. The first-order valence-corrected chi connectivity index (χ1v) is 2.97. The minimum Gasteiger partial charge on any atom is -0.481 e. The van der Waals surface area contributed by atoms with E-state index >= 15 is 0 Å². The van der Waals surface area contributed by atoms with Gasteiger partial charge in [-0.3, -0.25) is 4.79 Å². The van der Waals surface area contributed by atoms with E-state index in [2.05, 4.69) is 0 Å². The predicted molar refractivity (Wildman–Crippen MR) is 32.3 cm³/mol. The number of alkyl halides is 3. The molecule has 2 unspecified atom stereocenters. The predicted octanol–water partition coefficient (Wildman–Crippen LogP) is -0.288. The van der Waals surface area contributed by atoms with E-state index in [1.807, 2.05) is 0 Å². The maximum Gasteiger partial charge on any atom is 0.415 e. The summed E-state index contributed by atoms with van der Waals surface area (Å²) in [7, 11) is 0. The molecule has 4 nitrogen and oxygen atoms in total. The van der Waals surface area contributed by atoms with E-state index in [9.17, 15) is 18.0 Å². The average molecular weight is 187 g/mol. The van der Waals surface area contributed by atoms with Gasteiger partial charge in [0.1, 0.15) is 0 Å². The number of halogens is 3. The van der Waals surface area contributed by atoms with E-state index in [1.54, 1.807) is 0 Å². The van der Waals surface area contributed by atoms with E-state index < -0.39 is 30.7 Å². The Morgan fingerprint density at radius 2 is 1.92 bits per heavy atom. The molecule has 0 spiro atoms. The summed E-state index contributed by atoms with van der Waals surface area (Å²) in [6.45, 7) is 0. The number of aliphatic hydroxyl groups is 1. The second-order valence-corrected chi connectivity index (χ2v) is 2.25. The molecule has 4 N–H and O–H groups in total. The van der Waals surface area contributed by atoms with E-state index in [1.165, 1.54) is 0 Å². The lowest BCUT2D eigenvalue weighted by molar-refractivity contribution is -0.210. The van der Waals surface area contributed by atoms with Crippen molar-refractivity contribution in [3.63, 3.8) is 0 Å². The van der Waals surface area contributed by atoms with Crippen LogP contribution in [0.4, 0.5) is 13.2 Å². The molecule has 2 atom stereocenters. The van der Waals surface area contributed by atoms with Crippen LogP contribution in [0.25, 0.3) is 0 Å². The highest BCUT2D eigenvalue weighted by molar-refractivity contribution is 5.67. The first kappa shape index (κ1) is 11.2. The van der Waals surface area contributed by atoms with Crippen molar-refractivity contribution >= 4 is 5.97 Å². The van der Waals surface area contributed by atoms with Gasteiger partial charge >= 0.3 is 12.1 Å². The summed E-state index contributed by atoms with van der Waals surface area (Å²) in [6.07, 6.45) is -8.57. The standard InChI is InChI=1S/C5H8F3NO3/c6-5(7,8)4(12)2(9)1-3(10)11/h2,4,12H,1,9H2,(H,10,11). The molecule has 0 aromatic rings. The number of aliphatic carboxylic acids is 1. The number of carboxylic acid groups (broad SMARTS) is 1. The Morgan fingerprint density at radius 1 is 1.50 bits per heavy atom. The van der Waals surface area contributed by atoms with Gasteiger partial charge in [0.15, 0.2) is 6.10 Å². The van der Waals surface area contributed by atoms with Crippen molar-refractivity contribution in [3.05, 3.63) is 0 Å². The van der Waals surface area contributed by atoms with Crippen LogP contribution in [0, 0.1) is 0 Å². The van der Waals surface area contributed by atoms with Crippen molar-refractivity contribution in [2.75, 3.05) is 0 Å². The normalized spacial score (nSPS) is 17.1. The van der Waals surface area contributed by atoms with Crippen LogP contribution in [0.1, 0.15) is 6.42 Å². The van der Waals surface area contributed by atoms with Crippen LogP contribution in [0.3, 0.4) is 0 Å². The fourth-order valence-corrected chi connectivity index (χ4v) is 0.556. The van der Waals surface area contributed by atoms with Gasteiger partial charge in [-0.1, -0.05) is 0 Å². The third-order valence-electron chi connectivity index (χ3n) is 1.15. The maximum atomic E-state index is 11.6. The Bertz CT molecular complexity index is 170. The Labute approximate surface area is 65.8 Å². The van der Waals surface area contributed by atoms with Gasteiger partial charge in [-0.05, 0) is 0 Å². The van der Waals surface area contributed by atoms with Gasteiger partial charge in [0.2, 0.25) is 0 Å². The lowest BCUT2D eigenvalue weighted by atomic mass is 10.1. The Hall–Kier alpha value is -0.820. The summed E-state index contributed by atoms with van der Waals surface area (Å²) >= 11 is 0. The topological polar surface area (TPSA) is 83.6 Å². The average Bonchev–Trinajstić information content (AvgIpc) is 1.82. The smallest absolute Gasteiger partial charge is 0.415 e. The molecule has 0 heterocycles. The fourth-order valence-electron chi connectivity index (χ4n) is 0.556. The summed E-state index contributed by atoms with van der Waals surface area (Å²) in [5, 5.41) is 16.4. The van der Waals surface area contributed by atoms with Gasteiger partial charge in [0.25, 0.3) is 0 Å². The first-order valence-electron chi connectivity index (χ1n) is 2.97. The first-order chi connectivity index (χ1) is 5.25. The van der Waals surface area contributed by atoms with E-state index in [4.69, 9.17) is 15.9 Å². The summed E-state index contributed by atoms with van der Waals surface area (Å²) in [4.78, 5) is 9.88. The Morgan fingerprint density at radius 3 is 2.17 bits per heavy atom. The van der Waals surface area contributed by atoms with Crippen molar-refractivity contribution in [2.24, 2.45) is 5.73 Å². The van der Waals surface area contributed by atoms with Gasteiger partial charge < -0.3 is 15.9 Å². The SMILES string of the molecule is NC(CC(=O)O)C(O)C(F)(F)F. The van der Waals surface area contributed by atoms with Crippen molar-refractivity contribution in [1.82, 2.24) is 0 Å². The van der Waals surface area contributed by atoms with Crippen molar-refractivity contribution in [2.45, 2.75) is 24.7 Å². The van der Waals surface area contributed by atoms with E-state index in [-0.39, 0.29) is 0 Å². The molecule has 7 heteroatoms. The zero-order valence-electron chi connectivity index (χ0n) is 5.88. The number of nitrogens with two attached hydrogens (primary N) is 1. The third kappa shape index (κ3) is 3.54. The lowest BCUT2D eigenvalue weighted by Crippen LogP contribution is -2.46. The molecule has 0 amide bonds. The molecule has 0 bridgehead atoms. The second-order valence-electron chi connectivity index (χ2n) is 2.25. The lowest BCUT2D eigenvalue weighted by Gasteiger charge is -2.19. The number of aliphatic hydroxyl groups excluding tert-OH is 1. The highest BCUT2D eigenvalue weighted by Crippen LogP contribution is 2.22. The third-order valence-corrected chi connectivity index (χ3v) is 1.15.